The number of aromatic nitrogens is 2. The average molecular weight is 264 g/mol. The maximum absolute atomic E-state index is 12.5. The first kappa shape index (κ1) is 13.4. The third-order valence-corrected chi connectivity index (χ3v) is 4.09. The van der Waals surface area contributed by atoms with E-state index in [1.165, 1.54) is 30.8 Å². The Morgan fingerprint density at radius 3 is 2.83 bits per heavy atom. The first-order chi connectivity index (χ1) is 8.70. The molecular formula is C14H20N2OS. The van der Waals surface area contributed by atoms with Crippen LogP contribution in [0.1, 0.15) is 73.7 Å². The predicted octanol–water partition coefficient (Wildman–Crippen LogP) is 4.12. The van der Waals surface area contributed by atoms with Crippen LogP contribution in [0.5, 0.6) is 0 Å². The first-order valence-corrected chi connectivity index (χ1v) is 7.53. The van der Waals surface area contributed by atoms with E-state index < -0.39 is 0 Å². The summed E-state index contributed by atoms with van der Waals surface area (Å²) in [4.78, 5) is 13.3. The van der Waals surface area contributed by atoms with Crippen LogP contribution in [0, 0.1) is 0 Å². The monoisotopic (exact) mass is 264 g/mol. The number of carbonyl (C=O) groups excluding carboxylic acids is 1. The van der Waals surface area contributed by atoms with Crippen molar-refractivity contribution >= 4 is 17.3 Å². The van der Waals surface area contributed by atoms with Crippen molar-refractivity contribution in [1.29, 1.82) is 0 Å². The van der Waals surface area contributed by atoms with Crippen LogP contribution >= 0.6 is 11.5 Å². The number of rotatable bonds is 3. The van der Waals surface area contributed by atoms with Gasteiger partial charge in [-0.3, -0.25) is 4.79 Å². The van der Waals surface area contributed by atoms with Crippen LogP contribution in [0.3, 0.4) is 0 Å². The summed E-state index contributed by atoms with van der Waals surface area (Å²) in [5.74, 6) is 0.424. The second kappa shape index (κ2) is 6.23. The number of hydrogen-bond donors (Lipinski definition) is 0. The van der Waals surface area contributed by atoms with Gasteiger partial charge in [0.05, 0.1) is 5.69 Å². The molecule has 0 spiro atoms. The second-order valence-corrected chi connectivity index (χ2v) is 5.91. The largest absolute Gasteiger partial charge is 0.288 e. The van der Waals surface area contributed by atoms with Crippen molar-refractivity contribution in [1.82, 2.24) is 9.59 Å². The molecule has 1 aliphatic carbocycles. The van der Waals surface area contributed by atoms with Gasteiger partial charge in [-0.15, -0.1) is 5.10 Å². The van der Waals surface area contributed by atoms with Gasteiger partial charge in [0.2, 0.25) is 5.78 Å². The van der Waals surface area contributed by atoms with Crippen molar-refractivity contribution in [3.05, 3.63) is 22.2 Å². The molecule has 0 aromatic carbocycles. The second-order valence-electron chi connectivity index (χ2n) is 5.15. The third-order valence-electron chi connectivity index (χ3n) is 3.35. The van der Waals surface area contributed by atoms with Gasteiger partial charge in [0.1, 0.15) is 4.88 Å². The molecule has 1 aromatic rings. The molecule has 0 N–H and O–H groups in total. The van der Waals surface area contributed by atoms with Crippen LogP contribution < -0.4 is 0 Å². The maximum Gasteiger partial charge on any atom is 0.202 e. The first-order valence-electron chi connectivity index (χ1n) is 6.76. The molecule has 18 heavy (non-hydrogen) atoms. The van der Waals surface area contributed by atoms with E-state index in [2.05, 4.69) is 29.5 Å². The van der Waals surface area contributed by atoms with Gasteiger partial charge < -0.3 is 0 Å². The Morgan fingerprint density at radius 2 is 2.06 bits per heavy atom. The molecular weight excluding hydrogens is 244 g/mol. The summed E-state index contributed by atoms with van der Waals surface area (Å²) >= 11 is 1.24. The van der Waals surface area contributed by atoms with E-state index in [-0.39, 0.29) is 11.7 Å². The molecule has 0 aliphatic heterocycles. The highest BCUT2D eigenvalue weighted by Gasteiger charge is 2.21. The van der Waals surface area contributed by atoms with Gasteiger partial charge in [-0.2, -0.15) is 0 Å². The molecule has 2 rings (SSSR count). The number of Topliss-reactive ketones (excluding diaryl/α,β-unsaturated/α-hetero) is 1. The van der Waals surface area contributed by atoms with E-state index in [1.54, 1.807) is 0 Å². The summed E-state index contributed by atoms with van der Waals surface area (Å²) in [6.45, 7) is 4.11. The normalized spacial score (nSPS) is 17.2. The van der Waals surface area contributed by atoms with E-state index >= 15 is 0 Å². The fourth-order valence-corrected chi connectivity index (χ4v) is 3.07. The highest BCUT2D eigenvalue weighted by Crippen LogP contribution is 2.26. The summed E-state index contributed by atoms with van der Waals surface area (Å²) in [6, 6.07) is 0. The molecule has 0 unspecified atom stereocenters. The molecule has 1 aliphatic rings. The minimum absolute atomic E-state index is 0.163. The van der Waals surface area contributed by atoms with E-state index in [0.29, 0.717) is 0 Å². The average Bonchev–Trinajstić information content (AvgIpc) is 2.76. The molecule has 0 saturated carbocycles. The molecule has 4 heteroatoms. The van der Waals surface area contributed by atoms with E-state index in [4.69, 9.17) is 0 Å². The summed E-state index contributed by atoms with van der Waals surface area (Å²) in [5, 5.41) is 4.09. The van der Waals surface area contributed by atoms with E-state index in [0.717, 1.165) is 35.4 Å². The fourth-order valence-electron chi connectivity index (χ4n) is 2.28. The van der Waals surface area contributed by atoms with E-state index in [1.807, 2.05) is 0 Å². The summed E-state index contributed by atoms with van der Waals surface area (Å²) in [7, 11) is 0. The lowest BCUT2D eigenvalue weighted by atomic mass is 9.95. The smallest absolute Gasteiger partial charge is 0.202 e. The number of hydrogen-bond acceptors (Lipinski definition) is 4. The Balaban J connectivity index is 2.21. The van der Waals surface area contributed by atoms with Gasteiger partial charge in [0, 0.05) is 0 Å². The molecule has 1 heterocycles. The minimum atomic E-state index is 0.163. The molecule has 0 atom stereocenters. The zero-order valence-electron chi connectivity index (χ0n) is 11.1. The lowest BCUT2D eigenvalue weighted by molar-refractivity contribution is 0.103. The topological polar surface area (TPSA) is 42.9 Å². The Kier molecular flexibility index (Phi) is 4.64. The standard InChI is InChI=1S/C14H20N2OS/c1-10(2)12-14(18-16-15-12)13(17)11-8-6-4-3-5-7-9-11/h8,10H,3-7,9H2,1-2H3. The number of ketones is 1. The van der Waals surface area contributed by atoms with Gasteiger partial charge in [-0.25, -0.2) is 0 Å². The van der Waals surface area contributed by atoms with Gasteiger partial charge in [0.15, 0.2) is 0 Å². The van der Waals surface area contributed by atoms with Crippen molar-refractivity contribution < 1.29 is 4.79 Å². The van der Waals surface area contributed by atoms with Crippen LogP contribution in [-0.4, -0.2) is 15.4 Å². The van der Waals surface area contributed by atoms with Crippen molar-refractivity contribution in [2.24, 2.45) is 0 Å². The summed E-state index contributed by atoms with van der Waals surface area (Å²) in [5.41, 5.74) is 1.83. The number of allylic oxidation sites excluding steroid dienone is 2. The quantitative estimate of drug-likeness (QED) is 0.771. The molecule has 0 bridgehead atoms. The SMILES string of the molecule is CC(C)c1nnsc1C(=O)C1=CCCCCCC1. The molecule has 1 aromatic heterocycles. The van der Waals surface area contributed by atoms with Crippen molar-refractivity contribution in [3.63, 3.8) is 0 Å². The van der Waals surface area contributed by atoms with Gasteiger partial charge in [-0.05, 0) is 48.7 Å². The molecule has 0 fully saturated rings. The molecule has 0 saturated heterocycles. The molecule has 0 radical (unpaired) electrons. The lowest BCUT2D eigenvalue weighted by Gasteiger charge is -2.10. The Labute approximate surface area is 112 Å². The lowest BCUT2D eigenvalue weighted by Crippen LogP contribution is -2.07. The van der Waals surface area contributed by atoms with Crippen LogP contribution in [-0.2, 0) is 0 Å². The zero-order chi connectivity index (χ0) is 13.0. The van der Waals surface area contributed by atoms with Crippen molar-refractivity contribution in [3.8, 4) is 0 Å². The Morgan fingerprint density at radius 1 is 1.28 bits per heavy atom. The molecule has 98 valence electrons. The molecule has 3 nitrogen and oxygen atoms in total. The van der Waals surface area contributed by atoms with Crippen molar-refractivity contribution in [2.75, 3.05) is 0 Å². The highest BCUT2D eigenvalue weighted by molar-refractivity contribution is 7.08. The predicted molar refractivity (Wildman–Crippen MR) is 74.1 cm³/mol. The Hall–Kier alpha value is -1.03. The van der Waals surface area contributed by atoms with Crippen LogP contribution in [0.15, 0.2) is 11.6 Å². The minimum Gasteiger partial charge on any atom is -0.288 e. The van der Waals surface area contributed by atoms with Crippen LogP contribution in [0.2, 0.25) is 0 Å². The van der Waals surface area contributed by atoms with Gasteiger partial charge in [0.25, 0.3) is 0 Å². The maximum atomic E-state index is 12.5. The van der Waals surface area contributed by atoms with Gasteiger partial charge in [-0.1, -0.05) is 37.3 Å². The summed E-state index contributed by atoms with van der Waals surface area (Å²) < 4.78 is 3.94. The molecule has 0 amide bonds. The number of nitrogens with zero attached hydrogens (tertiary/aromatic N) is 2. The zero-order valence-corrected chi connectivity index (χ0v) is 11.9. The fraction of sp³-hybridized carbons (Fsp3) is 0.643. The van der Waals surface area contributed by atoms with E-state index in [9.17, 15) is 4.79 Å². The van der Waals surface area contributed by atoms with Crippen LogP contribution in [0.25, 0.3) is 0 Å². The van der Waals surface area contributed by atoms with Crippen LogP contribution in [0.4, 0.5) is 0 Å². The van der Waals surface area contributed by atoms with Crippen molar-refractivity contribution in [2.45, 2.75) is 58.3 Å². The Bertz CT molecular complexity index is 448. The van der Waals surface area contributed by atoms with Gasteiger partial charge >= 0.3 is 0 Å². The number of carbonyl (C=O) groups is 1. The third kappa shape index (κ3) is 3.05. The highest BCUT2D eigenvalue weighted by atomic mass is 32.1. The summed E-state index contributed by atoms with van der Waals surface area (Å²) in [6.07, 6.45) is 8.93.